The Labute approximate surface area is 340 Å². The number of hydrogen-bond acceptors (Lipinski definition) is 4. The molecule has 0 unspecified atom stereocenters. The van der Waals surface area contributed by atoms with Gasteiger partial charge in [-0.1, -0.05) is 146 Å². The Morgan fingerprint density at radius 3 is 1.34 bits per heavy atom. The molecule has 8 aromatic carbocycles. The molecule has 0 atom stereocenters. The fraction of sp³-hybridized carbons (Fsp3) is 0. The largest absolute Gasteiger partial charge is 0.453 e. The second-order valence-electron chi connectivity index (χ2n) is 14.5. The fourth-order valence-corrected chi connectivity index (χ4v) is 9.20. The summed E-state index contributed by atoms with van der Waals surface area (Å²) in [4.78, 5) is 15.9. The van der Waals surface area contributed by atoms with Crippen LogP contribution in [0.25, 0.3) is 111 Å². The lowest BCUT2D eigenvalue weighted by atomic mass is 10.0. The summed E-state index contributed by atoms with van der Waals surface area (Å²) >= 11 is 3.87. The molecule has 0 aliphatic carbocycles. The van der Waals surface area contributed by atoms with Gasteiger partial charge in [0.25, 0.3) is 0 Å². The lowest BCUT2D eigenvalue weighted by Gasteiger charge is -2.19. The minimum Gasteiger partial charge on any atom is -0.453 e. The van der Waals surface area contributed by atoms with Crippen molar-refractivity contribution in [1.29, 1.82) is 0 Å². The van der Waals surface area contributed by atoms with Crippen molar-refractivity contribution >= 4 is 81.5 Å². The number of benzene rings is 8. The van der Waals surface area contributed by atoms with Gasteiger partial charge in [-0.15, -0.1) is 0 Å². The Balaban J connectivity index is 1.33. The van der Waals surface area contributed by atoms with E-state index < -0.39 is 0 Å². The number of rotatable bonds is 5. The van der Waals surface area contributed by atoms with Gasteiger partial charge in [-0.05, 0) is 52.3 Å². The van der Waals surface area contributed by atoms with Gasteiger partial charge < -0.3 is 13.6 Å². The van der Waals surface area contributed by atoms with Gasteiger partial charge in [-0.2, -0.15) is 0 Å². The Hall–Kier alpha value is -7.35. The van der Waals surface area contributed by atoms with Crippen LogP contribution in [0, 0.1) is 0 Å². The Morgan fingerprint density at radius 1 is 0.397 bits per heavy atom. The fourth-order valence-electron chi connectivity index (χ4n) is 8.75. The van der Waals surface area contributed by atoms with Crippen LogP contribution in [-0.2, 0) is 0 Å². The van der Waals surface area contributed by atoms with Gasteiger partial charge in [-0.3, -0.25) is 0 Å². The van der Waals surface area contributed by atoms with E-state index in [0.717, 1.165) is 98.1 Å². The third kappa shape index (κ3) is 4.87. The molecule has 0 aliphatic rings. The molecule has 0 saturated carbocycles. The molecule has 58 heavy (non-hydrogen) atoms. The third-order valence-electron chi connectivity index (χ3n) is 11.2. The number of para-hydroxylation sites is 5. The normalized spacial score (nSPS) is 11.9. The molecule has 7 heteroatoms. The number of furan rings is 1. The quantitative estimate of drug-likeness (QED) is 0.174. The maximum Gasteiger partial charge on any atom is 0.166 e. The van der Waals surface area contributed by atoms with E-state index in [9.17, 15) is 0 Å². The monoisotopic (exact) mass is 807 g/mol. The van der Waals surface area contributed by atoms with Crippen LogP contribution in [0.2, 0.25) is 0 Å². The molecule has 12 aromatic rings. The number of fused-ring (bicyclic) bond motifs is 9. The number of nitrogens with zero attached hydrogens (tertiary/aromatic N) is 5. The van der Waals surface area contributed by atoms with Crippen LogP contribution < -0.4 is 0 Å². The van der Waals surface area contributed by atoms with E-state index in [4.69, 9.17) is 19.4 Å². The Kier molecular flexibility index (Phi) is 7.28. The summed E-state index contributed by atoms with van der Waals surface area (Å²) in [6.07, 6.45) is 0. The second kappa shape index (κ2) is 12.8. The predicted molar refractivity (Wildman–Crippen MR) is 240 cm³/mol. The number of aromatic nitrogens is 5. The first-order chi connectivity index (χ1) is 28.7. The average molecular weight is 809 g/mol. The minimum absolute atomic E-state index is 0.554. The smallest absolute Gasteiger partial charge is 0.166 e. The summed E-state index contributed by atoms with van der Waals surface area (Å²) in [5, 5.41) is 6.57. The summed E-state index contributed by atoms with van der Waals surface area (Å²) in [6.45, 7) is 0. The van der Waals surface area contributed by atoms with E-state index in [1.54, 1.807) is 0 Å². The summed E-state index contributed by atoms with van der Waals surface area (Å²) < 4.78 is 12.7. The highest BCUT2D eigenvalue weighted by molar-refractivity contribution is 9.10. The molecule has 0 spiro atoms. The van der Waals surface area contributed by atoms with Gasteiger partial charge in [0, 0.05) is 43.6 Å². The number of halogens is 1. The first kappa shape index (κ1) is 32.9. The van der Waals surface area contributed by atoms with Crippen LogP contribution in [0.5, 0.6) is 0 Å². The summed E-state index contributed by atoms with van der Waals surface area (Å²) in [6, 6.07) is 63.2. The van der Waals surface area contributed by atoms with Crippen molar-refractivity contribution in [3.63, 3.8) is 0 Å². The molecule has 0 amide bonds. The van der Waals surface area contributed by atoms with Crippen molar-refractivity contribution in [2.75, 3.05) is 0 Å². The van der Waals surface area contributed by atoms with Crippen LogP contribution in [-0.4, -0.2) is 24.1 Å². The second-order valence-corrected chi connectivity index (χ2v) is 15.3. The SMILES string of the molecule is Brc1cccc2c1oc1c(-n3c4ccccc4c4ccccc43)cc(-c3nc(-c4ccccc4)nc(-c4ccccc4)n3)c(-n3c4ccccc4c4ccccc43)c12. The maximum atomic E-state index is 7.14. The molecule has 0 aliphatic heterocycles. The van der Waals surface area contributed by atoms with Crippen molar-refractivity contribution < 1.29 is 4.42 Å². The molecular formula is C51H30BrN5O. The van der Waals surface area contributed by atoms with Gasteiger partial charge >= 0.3 is 0 Å². The van der Waals surface area contributed by atoms with Crippen LogP contribution in [0.4, 0.5) is 0 Å². The predicted octanol–water partition coefficient (Wildman–Crippen LogP) is 13.7. The van der Waals surface area contributed by atoms with E-state index in [2.05, 4.69) is 165 Å². The molecule has 272 valence electrons. The first-order valence-corrected chi connectivity index (χ1v) is 20.0. The van der Waals surface area contributed by atoms with Crippen LogP contribution in [0.1, 0.15) is 0 Å². The molecule has 0 saturated heterocycles. The minimum atomic E-state index is 0.554. The van der Waals surface area contributed by atoms with Crippen LogP contribution in [0.15, 0.2) is 191 Å². The summed E-state index contributed by atoms with van der Waals surface area (Å²) in [5.41, 5.74) is 10.3. The van der Waals surface area contributed by atoms with Crippen molar-refractivity contribution in [2.45, 2.75) is 0 Å². The number of hydrogen-bond donors (Lipinski definition) is 0. The van der Waals surface area contributed by atoms with Crippen molar-refractivity contribution in [1.82, 2.24) is 24.1 Å². The van der Waals surface area contributed by atoms with Crippen molar-refractivity contribution in [2.24, 2.45) is 0 Å². The third-order valence-corrected chi connectivity index (χ3v) is 11.9. The summed E-state index contributed by atoms with van der Waals surface area (Å²) in [7, 11) is 0. The van der Waals surface area contributed by atoms with Gasteiger partial charge in [0.2, 0.25) is 0 Å². The lowest BCUT2D eigenvalue weighted by Crippen LogP contribution is -2.06. The zero-order valence-electron chi connectivity index (χ0n) is 30.8. The van der Waals surface area contributed by atoms with Gasteiger partial charge in [0.15, 0.2) is 23.1 Å². The molecule has 4 aromatic heterocycles. The first-order valence-electron chi connectivity index (χ1n) is 19.2. The van der Waals surface area contributed by atoms with E-state index in [1.165, 1.54) is 0 Å². The molecule has 0 N–H and O–H groups in total. The van der Waals surface area contributed by atoms with E-state index in [1.807, 2.05) is 42.5 Å². The summed E-state index contributed by atoms with van der Waals surface area (Å²) in [5.74, 6) is 1.74. The molecule has 12 rings (SSSR count). The topological polar surface area (TPSA) is 61.7 Å². The van der Waals surface area contributed by atoms with E-state index in [-0.39, 0.29) is 0 Å². The lowest BCUT2D eigenvalue weighted by molar-refractivity contribution is 0.664. The zero-order valence-corrected chi connectivity index (χ0v) is 32.4. The van der Waals surface area contributed by atoms with Crippen molar-refractivity contribution in [3.05, 3.63) is 186 Å². The molecule has 0 radical (unpaired) electrons. The van der Waals surface area contributed by atoms with Gasteiger partial charge in [0.05, 0.1) is 43.3 Å². The highest BCUT2D eigenvalue weighted by atomic mass is 79.9. The molecule has 6 nitrogen and oxygen atoms in total. The van der Waals surface area contributed by atoms with Crippen LogP contribution >= 0.6 is 15.9 Å². The Morgan fingerprint density at radius 2 is 0.828 bits per heavy atom. The van der Waals surface area contributed by atoms with Crippen LogP contribution in [0.3, 0.4) is 0 Å². The average Bonchev–Trinajstić information content (AvgIpc) is 3.96. The zero-order chi connectivity index (χ0) is 38.3. The standard InChI is InChI=1S/C51H30BrN5O/c52-39-25-15-24-37-45-46(57-42-28-13-9-22-35(42)36-23-10-14-29-43(36)57)38(51-54-49(31-16-3-1-4-17-31)53-50(55-51)32-18-5-2-6-19-32)30-44(48(45)58-47(37)39)56-40-26-11-7-20-33(40)34-21-8-12-27-41(34)56/h1-30H. The molecule has 0 fully saturated rings. The molecule has 4 heterocycles. The van der Waals surface area contributed by atoms with E-state index in [0.29, 0.717) is 17.5 Å². The maximum absolute atomic E-state index is 7.14. The van der Waals surface area contributed by atoms with Gasteiger partial charge in [0.1, 0.15) is 5.58 Å². The molecular weight excluding hydrogens is 778 g/mol. The highest BCUT2D eigenvalue weighted by Gasteiger charge is 2.28. The Bertz CT molecular complexity index is 3420. The van der Waals surface area contributed by atoms with Crippen molar-refractivity contribution in [3.8, 4) is 45.5 Å². The van der Waals surface area contributed by atoms with E-state index >= 15 is 0 Å². The highest BCUT2D eigenvalue weighted by Crippen LogP contribution is 2.48. The van der Waals surface area contributed by atoms with Gasteiger partial charge in [-0.25, -0.2) is 15.0 Å². The molecule has 0 bridgehead atoms.